The highest BCUT2D eigenvalue weighted by atomic mass is 31.2. The Balaban J connectivity index is 1.76. The van der Waals surface area contributed by atoms with Crippen LogP contribution in [0.25, 0.3) is 0 Å². The van der Waals surface area contributed by atoms with Crippen molar-refractivity contribution in [3.05, 3.63) is 65.7 Å². The fourth-order valence-electron chi connectivity index (χ4n) is 7.09. The van der Waals surface area contributed by atoms with Crippen LogP contribution in [0, 0.1) is 0 Å². The number of hydrogen-bond donors (Lipinski definition) is 0. The van der Waals surface area contributed by atoms with Crippen LogP contribution in [-0.4, -0.2) is 54.7 Å². The lowest BCUT2D eigenvalue weighted by Gasteiger charge is -2.42. The van der Waals surface area contributed by atoms with Gasteiger partial charge in [0.2, 0.25) is 0 Å². The second-order valence-electron chi connectivity index (χ2n) is 10.3. The van der Waals surface area contributed by atoms with Crippen molar-refractivity contribution in [2.75, 3.05) is 37.9 Å². The molecule has 9 nitrogen and oxygen atoms in total. The molecule has 3 aliphatic rings. The summed E-state index contributed by atoms with van der Waals surface area (Å²) in [7, 11) is -8.36. The molecule has 0 N–H and O–H groups in total. The molecule has 1 spiro atoms. The third kappa shape index (κ3) is 4.20. The number of anilines is 1. The number of carbonyl (C=O) groups is 1. The van der Waals surface area contributed by atoms with Crippen molar-refractivity contribution in [2.45, 2.75) is 70.0 Å². The fourth-order valence-corrected chi connectivity index (χ4v) is 13.5. The molecule has 2 saturated heterocycles. The zero-order valence-corrected chi connectivity index (χ0v) is 25.6. The number of nitrogens with zero attached hydrogens (tertiary/aromatic N) is 2. The summed E-state index contributed by atoms with van der Waals surface area (Å²) < 4.78 is 54.2. The summed E-state index contributed by atoms with van der Waals surface area (Å²) >= 11 is 0. The van der Waals surface area contributed by atoms with E-state index in [0.717, 1.165) is 23.2 Å². The molecule has 0 bridgehead atoms. The first-order valence-corrected chi connectivity index (χ1v) is 17.4. The molecule has 2 fully saturated rings. The minimum absolute atomic E-state index is 0.0552. The molecule has 0 saturated carbocycles. The summed E-state index contributed by atoms with van der Waals surface area (Å²) in [6.07, 6.45) is 1.24. The molecule has 0 aromatic heterocycles. The lowest BCUT2D eigenvalue weighted by Crippen LogP contribution is -2.50. The van der Waals surface area contributed by atoms with Crippen molar-refractivity contribution in [3.8, 4) is 0 Å². The standard InChI is InChI=1S/C29H40N2O7P2/c1-5-35-39(33,36-6-2)29(40(34,37-7-3)38-8-4)22-28(31-20-14-19-26(29)31)24-17-12-13-18-25(24)30(27(28)32)21-23-15-10-9-11-16-23/h9-13,15-18,26H,5-8,14,19-22H2,1-4H3. The summed E-state index contributed by atoms with van der Waals surface area (Å²) in [6, 6.07) is 17.0. The average molecular weight is 591 g/mol. The zero-order chi connectivity index (χ0) is 28.6. The van der Waals surface area contributed by atoms with Crippen LogP contribution in [0.1, 0.15) is 58.1 Å². The molecule has 1 amide bonds. The van der Waals surface area contributed by atoms with Gasteiger partial charge in [-0.25, -0.2) is 0 Å². The number of fused-ring (bicyclic) bond motifs is 4. The Morgan fingerprint density at radius 2 is 1.38 bits per heavy atom. The van der Waals surface area contributed by atoms with Gasteiger partial charge in [0.15, 0.2) is 4.90 Å². The second-order valence-corrected chi connectivity index (χ2v) is 15.3. The number of carbonyl (C=O) groups excluding carboxylic acids is 1. The highest BCUT2D eigenvalue weighted by molar-refractivity contribution is 7.74. The Bertz CT molecular complexity index is 1270. The molecule has 2 aromatic carbocycles. The lowest BCUT2D eigenvalue weighted by molar-refractivity contribution is -0.128. The van der Waals surface area contributed by atoms with E-state index in [2.05, 4.69) is 4.90 Å². The van der Waals surface area contributed by atoms with Gasteiger partial charge in [-0.05, 0) is 58.7 Å². The van der Waals surface area contributed by atoms with E-state index in [1.165, 1.54) is 0 Å². The van der Waals surface area contributed by atoms with Gasteiger partial charge in [0.05, 0.1) is 33.0 Å². The highest BCUT2D eigenvalue weighted by Gasteiger charge is 2.81. The summed E-state index contributed by atoms with van der Waals surface area (Å²) in [5, 5.41) is 0. The molecule has 2 atom stereocenters. The van der Waals surface area contributed by atoms with E-state index in [1.54, 1.807) is 32.6 Å². The monoisotopic (exact) mass is 590 g/mol. The Hall–Kier alpha value is -1.83. The van der Waals surface area contributed by atoms with Crippen LogP contribution in [-0.2, 0) is 44.1 Å². The number of amides is 1. The number of hydrogen-bond acceptors (Lipinski definition) is 8. The van der Waals surface area contributed by atoms with Crippen molar-refractivity contribution < 1.29 is 32.0 Å². The maximum absolute atomic E-state index is 15.1. The highest BCUT2D eigenvalue weighted by Crippen LogP contribution is 2.85. The predicted octanol–water partition coefficient (Wildman–Crippen LogP) is 6.53. The van der Waals surface area contributed by atoms with Crippen LogP contribution in [0.5, 0.6) is 0 Å². The van der Waals surface area contributed by atoms with E-state index in [4.69, 9.17) is 18.1 Å². The largest absolute Gasteiger partial charge is 0.350 e. The molecule has 2 unspecified atom stereocenters. The van der Waals surface area contributed by atoms with Crippen molar-refractivity contribution >= 4 is 26.8 Å². The van der Waals surface area contributed by atoms with Crippen LogP contribution in [0.4, 0.5) is 5.69 Å². The fraction of sp³-hybridized carbons (Fsp3) is 0.552. The first kappa shape index (κ1) is 29.7. The van der Waals surface area contributed by atoms with Gasteiger partial charge >= 0.3 is 15.2 Å². The third-order valence-corrected chi connectivity index (χ3v) is 15.0. The lowest BCUT2D eigenvalue weighted by atomic mass is 9.88. The molecule has 2 aromatic rings. The Morgan fingerprint density at radius 1 is 0.825 bits per heavy atom. The van der Waals surface area contributed by atoms with Crippen molar-refractivity contribution in [1.29, 1.82) is 0 Å². The van der Waals surface area contributed by atoms with Crippen LogP contribution in [0.2, 0.25) is 0 Å². The topological polar surface area (TPSA) is 94.6 Å². The third-order valence-electron chi connectivity index (χ3n) is 8.36. The minimum Gasteiger partial charge on any atom is -0.308 e. The number of benzene rings is 2. The van der Waals surface area contributed by atoms with Gasteiger partial charge in [-0.3, -0.25) is 18.8 Å². The van der Waals surface area contributed by atoms with Gasteiger partial charge in [0.25, 0.3) is 5.91 Å². The molecule has 11 heteroatoms. The maximum Gasteiger partial charge on any atom is 0.350 e. The second kappa shape index (κ2) is 11.4. The SMILES string of the molecule is CCOP(=O)(OCC)C1(P(=O)(OCC)OCC)CC2(C(=O)N(Cc3ccccc3)c3ccccc32)N2CCCC21. The van der Waals surface area contributed by atoms with E-state index >= 15 is 9.13 Å². The van der Waals surface area contributed by atoms with E-state index < -0.39 is 31.7 Å². The van der Waals surface area contributed by atoms with Gasteiger partial charge in [-0.15, -0.1) is 0 Å². The predicted molar refractivity (Wildman–Crippen MR) is 155 cm³/mol. The normalized spacial score (nSPS) is 24.1. The van der Waals surface area contributed by atoms with Gasteiger partial charge in [0.1, 0.15) is 5.54 Å². The summed E-state index contributed by atoms with van der Waals surface area (Å²) in [4.78, 5) is 17.1. The van der Waals surface area contributed by atoms with Crippen LogP contribution in [0.15, 0.2) is 54.6 Å². The molecule has 0 aliphatic carbocycles. The van der Waals surface area contributed by atoms with Crippen LogP contribution < -0.4 is 4.90 Å². The number of rotatable bonds is 12. The first-order chi connectivity index (χ1) is 19.3. The van der Waals surface area contributed by atoms with E-state index in [1.807, 2.05) is 54.6 Å². The first-order valence-electron chi connectivity index (χ1n) is 14.3. The van der Waals surface area contributed by atoms with Crippen molar-refractivity contribution in [2.24, 2.45) is 0 Å². The van der Waals surface area contributed by atoms with Crippen molar-refractivity contribution in [3.63, 3.8) is 0 Å². The molecule has 3 aliphatic heterocycles. The van der Waals surface area contributed by atoms with Gasteiger partial charge in [-0.2, -0.15) is 0 Å². The number of para-hydroxylation sites is 1. The van der Waals surface area contributed by atoms with E-state index in [0.29, 0.717) is 19.5 Å². The Kier molecular flexibility index (Phi) is 8.49. The summed E-state index contributed by atoms with van der Waals surface area (Å²) in [5.74, 6) is -0.134. The molecule has 3 heterocycles. The quantitative estimate of drug-likeness (QED) is 0.258. The molecule has 218 valence electrons. The van der Waals surface area contributed by atoms with Gasteiger partial charge < -0.3 is 23.0 Å². The van der Waals surface area contributed by atoms with Gasteiger partial charge in [0, 0.05) is 23.7 Å². The molecule has 5 rings (SSSR count). The maximum atomic E-state index is 15.1. The molecular formula is C29H40N2O7P2. The summed E-state index contributed by atoms with van der Waals surface area (Å²) in [5.41, 5.74) is 1.38. The van der Waals surface area contributed by atoms with E-state index in [9.17, 15) is 4.79 Å². The van der Waals surface area contributed by atoms with Crippen LogP contribution in [0.3, 0.4) is 0 Å². The summed E-state index contributed by atoms with van der Waals surface area (Å²) in [6.45, 7) is 8.24. The van der Waals surface area contributed by atoms with Gasteiger partial charge in [-0.1, -0.05) is 48.5 Å². The van der Waals surface area contributed by atoms with Crippen LogP contribution >= 0.6 is 15.2 Å². The molecule has 40 heavy (non-hydrogen) atoms. The molecule has 0 radical (unpaired) electrons. The smallest absolute Gasteiger partial charge is 0.308 e. The Labute approximate surface area is 237 Å². The van der Waals surface area contributed by atoms with Crippen molar-refractivity contribution in [1.82, 2.24) is 4.90 Å². The Morgan fingerprint density at radius 3 is 1.95 bits per heavy atom. The zero-order valence-electron chi connectivity index (χ0n) is 23.8. The van der Waals surface area contributed by atoms with E-state index in [-0.39, 0.29) is 38.8 Å². The average Bonchev–Trinajstić information content (AvgIpc) is 3.60. The molecular weight excluding hydrogens is 550 g/mol. The minimum atomic E-state index is -4.18.